The Morgan fingerprint density at radius 3 is 1.72 bits per heavy atom. The molecule has 3 heterocycles. The maximum absolute atomic E-state index is 12.9. The molecule has 1 N–H and O–H groups in total. The van der Waals surface area contributed by atoms with E-state index in [-0.39, 0.29) is 12.0 Å². The van der Waals surface area contributed by atoms with E-state index in [0.29, 0.717) is 56.5 Å². The van der Waals surface area contributed by atoms with Crippen LogP contribution in [0.25, 0.3) is 0 Å². The fourth-order valence-corrected chi connectivity index (χ4v) is 5.44. The van der Waals surface area contributed by atoms with Gasteiger partial charge in [-0.2, -0.15) is 0 Å². The first-order valence-electron chi connectivity index (χ1n) is 12.6. The van der Waals surface area contributed by atoms with Gasteiger partial charge in [-0.15, -0.1) is 0 Å². The highest BCUT2D eigenvalue weighted by Crippen LogP contribution is 2.26. The van der Waals surface area contributed by atoms with Crippen molar-refractivity contribution in [1.29, 1.82) is 0 Å². The van der Waals surface area contributed by atoms with Crippen LogP contribution in [0.1, 0.15) is 56.9 Å². The minimum Gasteiger partial charge on any atom is -0.393 e. The average Bonchev–Trinajstić information content (AvgIpc) is 2.82. The predicted octanol–water partition coefficient (Wildman–Crippen LogP) is 2.90. The molecule has 0 saturated carbocycles. The van der Waals surface area contributed by atoms with E-state index in [1.54, 1.807) is 0 Å². The second kappa shape index (κ2) is 11.3. The zero-order valence-corrected chi connectivity index (χ0v) is 19.3. The third kappa shape index (κ3) is 6.55. The fourth-order valence-electron chi connectivity index (χ4n) is 5.44. The number of carbonyl (C=O) groups excluding carboxylic acids is 2. The largest absolute Gasteiger partial charge is 0.393 e. The highest BCUT2D eigenvalue weighted by molar-refractivity contribution is 5.77. The number of aliphatic hydroxyl groups excluding tert-OH is 1. The molecule has 0 unspecified atom stereocenters. The average molecular weight is 442 g/mol. The molecule has 0 aromatic heterocycles. The van der Waals surface area contributed by atoms with Gasteiger partial charge >= 0.3 is 0 Å². The van der Waals surface area contributed by atoms with Gasteiger partial charge in [0.15, 0.2) is 0 Å². The van der Waals surface area contributed by atoms with Crippen LogP contribution in [0.5, 0.6) is 0 Å². The van der Waals surface area contributed by atoms with Crippen molar-refractivity contribution in [2.45, 2.75) is 64.0 Å². The number of nitrogens with zero attached hydrogens (tertiary/aromatic N) is 3. The Balaban J connectivity index is 1.13. The molecule has 0 spiro atoms. The molecule has 2 amide bonds. The molecule has 3 saturated heterocycles. The van der Waals surface area contributed by atoms with Crippen molar-refractivity contribution in [2.75, 3.05) is 39.3 Å². The van der Waals surface area contributed by atoms with Gasteiger partial charge in [0, 0.05) is 45.6 Å². The molecule has 0 atom stereocenters. The summed E-state index contributed by atoms with van der Waals surface area (Å²) in [5, 5.41) is 9.62. The first kappa shape index (κ1) is 23.2. The number of hydrogen-bond acceptors (Lipinski definition) is 4. The van der Waals surface area contributed by atoms with Crippen molar-refractivity contribution >= 4 is 11.8 Å². The molecule has 3 aliphatic rings. The van der Waals surface area contributed by atoms with Crippen molar-refractivity contribution in [1.82, 2.24) is 14.7 Å². The van der Waals surface area contributed by atoms with E-state index in [9.17, 15) is 14.7 Å². The Morgan fingerprint density at radius 1 is 0.719 bits per heavy atom. The number of likely N-dealkylation sites (tertiary alicyclic amines) is 3. The lowest BCUT2D eigenvalue weighted by Crippen LogP contribution is -2.43. The summed E-state index contributed by atoms with van der Waals surface area (Å²) in [5.41, 5.74) is 1.36. The van der Waals surface area contributed by atoms with Gasteiger partial charge in [0.05, 0.1) is 6.10 Å². The summed E-state index contributed by atoms with van der Waals surface area (Å²) >= 11 is 0. The highest BCUT2D eigenvalue weighted by Gasteiger charge is 2.29. The summed E-state index contributed by atoms with van der Waals surface area (Å²) in [6.07, 6.45) is 6.50. The number of aliphatic hydroxyl groups is 1. The second-order valence-corrected chi connectivity index (χ2v) is 10.0. The Labute approximate surface area is 192 Å². The normalized spacial score (nSPS) is 22.3. The molecule has 0 radical (unpaired) electrons. The lowest BCUT2D eigenvalue weighted by atomic mass is 9.90. The van der Waals surface area contributed by atoms with Crippen molar-refractivity contribution in [3.8, 4) is 0 Å². The molecule has 6 heteroatoms. The first-order chi connectivity index (χ1) is 15.6. The van der Waals surface area contributed by atoms with Crippen LogP contribution in [0.3, 0.4) is 0 Å². The van der Waals surface area contributed by atoms with E-state index in [2.05, 4.69) is 35.2 Å². The van der Waals surface area contributed by atoms with E-state index >= 15 is 0 Å². The third-order valence-electron chi connectivity index (χ3n) is 7.67. The zero-order valence-electron chi connectivity index (χ0n) is 19.3. The van der Waals surface area contributed by atoms with Crippen LogP contribution in [0.15, 0.2) is 30.3 Å². The molecule has 0 aliphatic carbocycles. The molecule has 1 aromatic carbocycles. The number of carbonyl (C=O) groups is 2. The van der Waals surface area contributed by atoms with Gasteiger partial charge in [0.2, 0.25) is 11.8 Å². The van der Waals surface area contributed by atoms with Gasteiger partial charge in [-0.3, -0.25) is 14.5 Å². The summed E-state index contributed by atoms with van der Waals surface area (Å²) in [7, 11) is 0. The Bertz CT molecular complexity index is 732. The van der Waals surface area contributed by atoms with Crippen molar-refractivity contribution in [3.05, 3.63) is 35.9 Å². The quantitative estimate of drug-likeness (QED) is 0.737. The number of piperidine rings is 3. The van der Waals surface area contributed by atoms with E-state index in [1.807, 2.05) is 9.80 Å². The summed E-state index contributed by atoms with van der Waals surface area (Å²) in [6.45, 7) is 6.11. The molecular weight excluding hydrogens is 402 g/mol. The van der Waals surface area contributed by atoms with Crippen LogP contribution in [0, 0.1) is 11.8 Å². The van der Waals surface area contributed by atoms with Crippen LogP contribution in [-0.4, -0.2) is 77.0 Å². The fraction of sp³-hybridized carbons (Fsp3) is 0.692. The smallest absolute Gasteiger partial charge is 0.222 e. The molecule has 1 aromatic rings. The van der Waals surface area contributed by atoms with Gasteiger partial charge < -0.3 is 14.9 Å². The first-order valence-corrected chi connectivity index (χ1v) is 12.6. The van der Waals surface area contributed by atoms with Crippen LogP contribution in [0.4, 0.5) is 0 Å². The van der Waals surface area contributed by atoms with Crippen molar-refractivity contribution in [2.24, 2.45) is 11.8 Å². The minimum atomic E-state index is -0.246. The van der Waals surface area contributed by atoms with Crippen molar-refractivity contribution in [3.63, 3.8) is 0 Å². The SMILES string of the molecule is O=C(CC1CCN(C(=O)CC2CCN(Cc3ccccc3)CC2)CC1)N1CCC(O)CC1. The highest BCUT2D eigenvalue weighted by atomic mass is 16.3. The van der Waals surface area contributed by atoms with E-state index in [1.165, 1.54) is 5.56 Å². The molecule has 3 aliphatic heterocycles. The maximum atomic E-state index is 12.9. The lowest BCUT2D eigenvalue weighted by Gasteiger charge is -2.36. The van der Waals surface area contributed by atoms with Crippen LogP contribution < -0.4 is 0 Å². The molecule has 176 valence electrons. The summed E-state index contributed by atoms with van der Waals surface area (Å²) in [4.78, 5) is 31.9. The van der Waals surface area contributed by atoms with Gasteiger partial charge in [0.25, 0.3) is 0 Å². The van der Waals surface area contributed by atoms with E-state index < -0.39 is 0 Å². The molecular formula is C26H39N3O3. The topological polar surface area (TPSA) is 64.1 Å². The zero-order chi connectivity index (χ0) is 22.3. The predicted molar refractivity (Wildman–Crippen MR) is 125 cm³/mol. The number of hydrogen-bond donors (Lipinski definition) is 1. The van der Waals surface area contributed by atoms with Crippen LogP contribution in [-0.2, 0) is 16.1 Å². The monoisotopic (exact) mass is 441 g/mol. The van der Waals surface area contributed by atoms with Gasteiger partial charge in [-0.25, -0.2) is 0 Å². The van der Waals surface area contributed by atoms with E-state index in [4.69, 9.17) is 0 Å². The van der Waals surface area contributed by atoms with Gasteiger partial charge in [-0.05, 0) is 69.0 Å². The molecule has 4 rings (SSSR count). The molecule has 3 fully saturated rings. The molecule has 32 heavy (non-hydrogen) atoms. The van der Waals surface area contributed by atoms with Crippen LogP contribution in [0.2, 0.25) is 0 Å². The maximum Gasteiger partial charge on any atom is 0.222 e. The van der Waals surface area contributed by atoms with Crippen molar-refractivity contribution < 1.29 is 14.7 Å². The summed E-state index contributed by atoms with van der Waals surface area (Å²) in [5.74, 6) is 1.42. The minimum absolute atomic E-state index is 0.226. The number of rotatable bonds is 6. The molecule has 0 bridgehead atoms. The van der Waals surface area contributed by atoms with Gasteiger partial charge in [-0.1, -0.05) is 30.3 Å². The lowest BCUT2D eigenvalue weighted by molar-refractivity contribution is -0.135. The second-order valence-electron chi connectivity index (χ2n) is 10.0. The van der Waals surface area contributed by atoms with Gasteiger partial charge in [0.1, 0.15) is 0 Å². The third-order valence-corrected chi connectivity index (χ3v) is 7.67. The Kier molecular flexibility index (Phi) is 8.20. The Hall–Kier alpha value is -1.92. The number of amides is 2. The number of benzene rings is 1. The van der Waals surface area contributed by atoms with Crippen LogP contribution >= 0.6 is 0 Å². The summed E-state index contributed by atoms with van der Waals surface area (Å²) in [6, 6.07) is 10.6. The summed E-state index contributed by atoms with van der Waals surface area (Å²) < 4.78 is 0. The Morgan fingerprint density at radius 2 is 1.19 bits per heavy atom. The molecule has 6 nitrogen and oxygen atoms in total. The standard InChI is InChI=1S/C26H39N3O3/c30-24-10-16-29(17-11-24)26(32)19-22-8-14-28(15-9-22)25(31)18-21-6-12-27(13-7-21)20-23-4-2-1-3-5-23/h1-5,21-22,24,30H,6-20H2. The van der Waals surface area contributed by atoms with E-state index in [0.717, 1.165) is 58.4 Å².